The largest absolute Gasteiger partial charge is 0.497 e. The number of nitrogens with zero attached hydrogens (tertiary/aromatic N) is 1. The summed E-state index contributed by atoms with van der Waals surface area (Å²) >= 11 is 0. The first-order valence-electron chi connectivity index (χ1n) is 8.71. The average Bonchev–Trinajstić information content (AvgIpc) is 3.09. The Hall–Kier alpha value is -3.86. The number of methoxy groups -OCH3 is 1. The number of para-hydroxylation sites is 1. The van der Waals surface area contributed by atoms with Crippen molar-refractivity contribution in [3.8, 4) is 17.2 Å². The Morgan fingerprint density at radius 2 is 1.61 bits per heavy atom. The topological polar surface area (TPSA) is 57.1 Å². The third-order valence-electron chi connectivity index (χ3n) is 4.10. The maximum absolute atomic E-state index is 12.2. The summed E-state index contributed by atoms with van der Waals surface area (Å²) in [5.41, 5.74) is 1.74. The van der Waals surface area contributed by atoms with Crippen molar-refractivity contribution in [3.63, 3.8) is 0 Å². The van der Waals surface area contributed by atoms with Gasteiger partial charge < -0.3 is 14.2 Å². The first-order chi connectivity index (χ1) is 13.7. The Morgan fingerprint density at radius 3 is 2.36 bits per heavy atom. The summed E-state index contributed by atoms with van der Waals surface area (Å²) in [5, 5.41) is 0. The van der Waals surface area contributed by atoms with E-state index in [1.165, 1.54) is 0 Å². The molecular weight excluding hydrogens is 354 g/mol. The lowest BCUT2D eigenvalue weighted by Gasteiger charge is -2.05. The highest BCUT2D eigenvalue weighted by molar-refractivity contribution is 6.12. The van der Waals surface area contributed by atoms with Gasteiger partial charge in [0.05, 0.1) is 7.11 Å². The molecule has 28 heavy (non-hydrogen) atoms. The second-order valence-corrected chi connectivity index (χ2v) is 6.05. The van der Waals surface area contributed by atoms with Crippen LogP contribution in [0.2, 0.25) is 0 Å². The van der Waals surface area contributed by atoms with E-state index in [0.717, 1.165) is 17.1 Å². The Labute approximate surface area is 162 Å². The van der Waals surface area contributed by atoms with Gasteiger partial charge in [-0.1, -0.05) is 30.3 Å². The summed E-state index contributed by atoms with van der Waals surface area (Å²) in [6.07, 6.45) is 1.68. The van der Waals surface area contributed by atoms with Gasteiger partial charge in [0.1, 0.15) is 17.2 Å². The second-order valence-electron chi connectivity index (χ2n) is 6.05. The monoisotopic (exact) mass is 371 g/mol. The number of aliphatic imine (C=N–C) groups is 1. The van der Waals surface area contributed by atoms with E-state index < -0.39 is 5.97 Å². The van der Waals surface area contributed by atoms with Crippen molar-refractivity contribution in [3.05, 3.63) is 95.7 Å². The molecular formula is C23H17NO4. The molecule has 1 heterocycles. The van der Waals surface area contributed by atoms with E-state index >= 15 is 0 Å². The SMILES string of the molecule is COc1ccc(C2=N/C(=C/c3cccc(Oc4ccccc4)c3)C(=O)O2)cc1. The van der Waals surface area contributed by atoms with Crippen molar-refractivity contribution in [2.45, 2.75) is 0 Å². The quantitative estimate of drug-likeness (QED) is 0.476. The number of benzene rings is 3. The first kappa shape index (κ1) is 17.5. The van der Waals surface area contributed by atoms with Gasteiger partial charge in [0.25, 0.3) is 0 Å². The fraction of sp³-hybridized carbons (Fsp3) is 0.0435. The molecule has 0 radical (unpaired) electrons. The lowest BCUT2D eigenvalue weighted by molar-refractivity contribution is -0.129. The van der Waals surface area contributed by atoms with Crippen LogP contribution in [0.5, 0.6) is 17.2 Å². The summed E-state index contributed by atoms with van der Waals surface area (Å²) in [6.45, 7) is 0. The Kier molecular flexibility index (Phi) is 4.89. The van der Waals surface area contributed by atoms with Crippen LogP contribution in [0.4, 0.5) is 0 Å². The molecule has 1 aliphatic heterocycles. The molecule has 0 fully saturated rings. The highest BCUT2D eigenvalue weighted by atomic mass is 16.6. The number of carbonyl (C=O) groups excluding carboxylic acids is 1. The van der Waals surface area contributed by atoms with Crippen LogP contribution in [0.1, 0.15) is 11.1 Å². The van der Waals surface area contributed by atoms with Crippen LogP contribution < -0.4 is 9.47 Å². The summed E-state index contributed by atoms with van der Waals surface area (Å²) in [5.74, 6) is 1.93. The maximum Gasteiger partial charge on any atom is 0.363 e. The van der Waals surface area contributed by atoms with Gasteiger partial charge in [-0.05, 0) is 60.2 Å². The van der Waals surface area contributed by atoms with Gasteiger partial charge in [-0.15, -0.1) is 0 Å². The van der Waals surface area contributed by atoms with Crippen molar-refractivity contribution >= 4 is 17.9 Å². The van der Waals surface area contributed by atoms with Gasteiger partial charge in [0.15, 0.2) is 5.70 Å². The molecule has 0 bridgehead atoms. The lowest BCUT2D eigenvalue weighted by Crippen LogP contribution is -2.05. The standard InChI is InChI=1S/C23H17NO4/c1-26-18-12-10-17(11-13-18)22-24-21(23(25)28-22)15-16-6-5-9-20(14-16)27-19-7-3-2-4-8-19/h2-15H,1H3/b21-15+. The fourth-order valence-electron chi connectivity index (χ4n) is 2.72. The molecule has 0 aliphatic carbocycles. The molecule has 0 aromatic heterocycles. The van der Waals surface area contributed by atoms with Gasteiger partial charge in [-0.2, -0.15) is 0 Å². The van der Waals surface area contributed by atoms with Crippen molar-refractivity contribution in [2.75, 3.05) is 7.11 Å². The smallest absolute Gasteiger partial charge is 0.363 e. The number of carbonyl (C=O) groups is 1. The zero-order valence-corrected chi connectivity index (χ0v) is 15.2. The van der Waals surface area contributed by atoms with E-state index in [1.54, 1.807) is 37.5 Å². The number of rotatable bonds is 5. The molecule has 0 atom stereocenters. The van der Waals surface area contributed by atoms with Crippen LogP contribution in [0.25, 0.3) is 6.08 Å². The van der Waals surface area contributed by atoms with E-state index in [9.17, 15) is 4.79 Å². The van der Waals surface area contributed by atoms with Crippen molar-refractivity contribution in [2.24, 2.45) is 4.99 Å². The Balaban J connectivity index is 1.57. The molecule has 5 nitrogen and oxygen atoms in total. The van der Waals surface area contributed by atoms with Gasteiger partial charge in [0.2, 0.25) is 5.90 Å². The molecule has 0 saturated heterocycles. The predicted octanol–water partition coefficient (Wildman–Crippen LogP) is 4.83. The molecule has 138 valence electrons. The zero-order valence-electron chi connectivity index (χ0n) is 15.2. The molecule has 1 aliphatic rings. The van der Waals surface area contributed by atoms with Crippen LogP contribution in [-0.2, 0) is 9.53 Å². The molecule has 4 rings (SSSR count). The maximum atomic E-state index is 12.2. The third kappa shape index (κ3) is 3.94. The number of esters is 1. The van der Waals surface area contributed by atoms with Crippen LogP contribution in [0.15, 0.2) is 89.6 Å². The Bertz CT molecular complexity index is 1050. The summed E-state index contributed by atoms with van der Waals surface area (Å²) in [6, 6.07) is 24.1. The minimum atomic E-state index is -0.486. The van der Waals surface area contributed by atoms with Crippen molar-refractivity contribution in [1.82, 2.24) is 0 Å². The molecule has 0 unspecified atom stereocenters. The van der Waals surface area contributed by atoms with Crippen molar-refractivity contribution < 1.29 is 19.0 Å². The normalized spacial score (nSPS) is 14.5. The third-order valence-corrected chi connectivity index (χ3v) is 4.10. The van der Waals surface area contributed by atoms with Crippen LogP contribution >= 0.6 is 0 Å². The molecule has 5 heteroatoms. The van der Waals surface area contributed by atoms with Gasteiger partial charge in [-0.25, -0.2) is 9.79 Å². The highest BCUT2D eigenvalue weighted by Crippen LogP contribution is 2.25. The molecule has 0 saturated carbocycles. The number of ether oxygens (including phenoxy) is 3. The highest BCUT2D eigenvalue weighted by Gasteiger charge is 2.24. The molecule has 3 aromatic carbocycles. The molecule has 3 aromatic rings. The lowest BCUT2D eigenvalue weighted by atomic mass is 10.2. The average molecular weight is 371 g/mol. The number of cyclic esters (lactones) is 1. The number of hydrogen-bond donors (Lipinski definition) is 0. The van der Waals surface area contributed by atoms with Gasteiger partial charge in [-0.3, -0.25) is 0 Å². The van der Waals surface area contributed by atoms with Crippen LogP contribution in [-0.4, -0.2) is 19.0 Å². The summed E-state index contributed by atoms with van der Waals surface area (Å²) < 4.78 is 16.3. The van der Waals surface area contributed by atoms with Crippen LogP contribution in [0.3, 0.4) is 0 Å². The Morgan fingerprint density at radius 1 is 0.857 bits per heavy atom. The van der Waals surface area contributed by atoms with Gasteiger partial charge >= 0.3 is 5.97 Å². The fourth-order valence-corrected chi connectivity index (χ4v) is 2.72. The van der Waals surface area contributed by atoms with Crippen molar-refractivity contribution in [1.29, 1.82) is 0 Å². The second kappa shape index (κ2) is 7.80. The molecule has 0 spiro atoms. The predicted molar refractivity (Wildman–Crippen MR) is 107 cm³/mol. The molecule has 0 N–H and O–H groups in total. The first-order valence-corrected chi connectivity index (χ1v) is 8.71. The minimum absolute atomic E-state index is 0.239. The molecule has 0 amide bonds. The zero-order chi connectivity index (χ0) is 19.3. The number of hydrogen-bond acceptors (Lipinski definition) is 5. The minimum Gasteiger partial charge on any atom is -0.497 e. The van der Waals surface area contributed by atoms with E-state index in [2.05, 4.69) is 4.99 Å². The van der Waals surface area contributed by atoms with E-state index in [4.69, 9.17) is 14.2 Å². The van der Waals surface area contributed by atoms with Gasteiger partial charge in [0, 0.05) is 5.56 Å². The summed E-state index contributed by atoms with van der Waals surface area (Å²) in [7, 11) is 1.60. The van der Waals surface area contributed by atoms with E-state index in [0.29, 0.717) is 11.3 Å². The van der Waals surface area contributed by atoms with E-state index in [1.807, 2.05) is 54.6 Å². The van der Waals surface area contributed by atoms with Crippen LogP contribution in [0, 0.1) is 0 Å². The summed E-state index contributed by atoms with van der Waals surface area (Å²) in [4.78, 5) is 16.5. The van der Waals surface area contributed by atoms with E-state index in [-0.39, 0.29) is 11.6 Å².